The molecule has 0 saturated carbocycles. The number of hydrogen-bond donors (Lipinski definition) is 1. The van der Waals surface area contributed by atoms with Crippen LogP contribution in [0, 0.1) is 11.6 Å². The summed E-state index contributed by atoms with van der Waals surface area (Å²) in [4.78, 5) is 6.89. The number of aromatic nitrogens is 3. The SMILES string of the molecule is Cn1cncc1-c1c[nH]c2ccc(F)c(F)c12. The second-order valence-electron chi connectivity index (χ2n) is 3.88. The van der Waals surface area contributed by atoms with Crippen LogP contribution in [0.2, 0.25) is 0 Å². The van der Waals surface area contributed by atoms with Gasteiger partial charge in [0.1, 0.15) is 0 Å². The summed E-state index contributed by atoms with van der Waals surface area (Å²) in [6.07, 6.45) is 4.89. The third-order valence-electron chi connectivity index (χ3n) is 2.83. The zero-order valence-electron chi connectivity index (χ0n) is 9.04. The molecule has 17 heavy (non-hydrogen) atoms. The number of hydrogen-bond acceptors (Lipinski definition) is 1. The van der Waals surface area contributed by atoms with E-state index in [4.69, 9.17) is 0 Å². The summed E-state index contributed by atoms with van der Waals surface area (Å²) in [5.74, 6) is -1.68. The zero-order valence-corrected chi connectivity index (χ0v) is 9.04. The third-order valence-corrected chi connectivity index (χ3v) is 2.83. The number of nitrogens with one attached hydrogen (secondary N) is 1. The highest BCUT2D eigenvalue weighted by atomic mass is 19.2. The van der Waals surface area contributed by atoms with Crippen molar-refractivity contribution in [2.75, 3.05) is 0 Å². The maximum Gasteiger partial charge on any atom is 0.168 e. The van der Waals surface area contributed by atoms with Crippen molar-refractivity contribution in [2.24, 2.45) is 7.05 Å². The molecule has 0 unspecified atom stereocenters. The molecule has 5 heteroatoms. The highest BCUT2D eigenvalue weighted by molar-refractivity contribution is 5.95. The molecule has 0 saturated heterocycles. The average Bonchev–Trinajstić information content (AvgIpc) is 2.89. The Labute approximate surface area is 95.7 Å². The van der Waals surface area contributed by atoms with Gasteiger partial charge in [-0.2, -0.15) is 0 Å². The number of benzene rings is 1. The van der Waals surface area contributed by atoms with Crippen LogP contribution in [0.5, 0.6) is 0 Å². The first-order valence-corrected chi connectivity index (χ1v) is 5.10. The third kappa shape index (κ3) is 1.35. The summed E-state index contributed by atoms with van der Waals surface area (Å²) in [5.41, 5.74) is 1.91. The minimum atomic E-state index is -0.847. The van der Waals surface area contributed by atoms with E-state index in [0.717, 1.165) is 11.8 Å². The molecule has 86 valence electrons. The molecule has 0 aliphatic heterocycles. The first kappa shape index (κ1) is 10.0. The number of aromatic amines is 1. The molecule has 0 aliphatic rings. The summed E-state index contributed by atoms with van der Waals surface area (Å²) in [5, 5.41) is 0.258. The number of halogens is 2. The summed E-state index contributed by atoms with van der Waals surface area (Å²) in [7, 11) is 1.80. The van der Waals surface area contributed by atoms with Gasteiger partial charge in [-0.1, -0.05) is 0 Å². The normalized spacial score (nSPS) is 11.2. The molecule has 3 rings (SSSR count). The number of nitrogens with zero attached hydrogens (tertiary/aromatic N) is 2. The molecular weight excluding hydrogens is 224 g/mol. The quantitative estimate of drug-likeness (QED) is 0.689. The molecule has 3 aromatic rings. The van der Waals surface area contributed by atoms with Gasteiger partial charge >= 0.3 is 0 Å². The van der Waals surface area contributed by atoms with Crippen LogP contribution < -0.4 is 0 Å². The summed E-state index contributed by atoms with van der Waals surface area (Å²) in [6.45, 7) is 0. The van der Waals surface area contributed by atoms with E-state index in [0.29, 0.717) is 11.1 Å². The van der Waals surface area contributed by atoms with E-state index >= 15 is 0 Å². The molecular formula is C12H9F2N3. The van der Waals surface area contributed by atoms with Crippen LogP contribution in [0.1, 0.15) is 0 Å². The average molecular weight is 233 g/mol. The van der Waals surface area contributed by atoms with Crippen molar-refractivity contribution in [3.05, 3.63) is 42.5 Å². The Bertz CT molecular complexity index is 697. The molecule has 0 radical (unpaired) electrons. The minimum absolute atomic E-state index is 0.258. The highest BCUT2D eigenvalue weighted by Crippen LogP contribution is 2.31. The van der Waals surface area contributed by atoms with E-state index in [9.17, 15) is 8.78 Å². The molecule has 0 fully saturated rings. The fourth-order valence-electron chi connectivity index (χ4n) is 1.98. The Kier molecular flexibility index (Phi) is 2.01. The van der Waals surface area contributed by atoms with Gasteiger partial charge in [-0.15, -0.1) is 0 Å². The van der Waals surface area contributed by atoms with Gasteiger partial charge in [0.15, 0.2) is 11.6 Å². The van der Waals surface area contributed by atoms with Gasteiger partial charge in [0.25, 0.3) is 0 Å². The van der Waals surface area contributed by atoms with Crippen LogP contribution in [0.25, 0.3) is 22.2 Å². The lowest BCUT2D eigenvalue weighted by Gasteiger charge is -2.01. The molecule has 0 aliphatic carbocycles. The fraction of sp³-hybridized carbons (Fsp3) is 0.0833. The van der Waals surface area contributed by atoms with Crippen molar-refractivity contribution in [2.45, 2.75) is 0 Å². The molecule has 2 aromatic heterocycles. The Morgan fingerprint density at radius 3 is 2.82 bits per heavy atom. The number of imidazole rings is 1. The molecule has 3 nitrogen and oxygen atoms in total. The molecule has 2 heterocycles. The summed E-state index contributed by atoms with van der Waals surface area (Å²) >= 11 is 0. The lowest BCUT2D eigenvalue weighted by atomic mass is 10.1. The molecule has 0 atom stereocenters. The molecule has 0 spiro atoms. The van der Waals surface area contributed by atoms with Gasteiger partial charge in [-0.25, -0.2) is 13.8 Å². The Hall–Kier alpha value is -2.17. The number of aryl methyl sites for hydroxylation is 1. The fourth-order valence-corrected chi connectivity index (χ4v) is 1.98. The molecule has 0 amide bonds. The smallest absolute Gasteiger partial charge is 0.168 e. The van der Waals surface area contributed by atoms with Crippen LogP contribution in [0.4, 0.5) is 8.78 Å². The lowest BCUT2D eigenvalue weighted by molar-refractivity contribution is 0.517. The van der Waals surface area contributed by atoms with Crippen molar-refractivity contribution < 1.29 is 8.78 Å². The van der Waals surface area contributed by atoms with Gasteiger partial charge in [0, 0.05) is 29.7 Å². The van der Waals surface area contributed by atoms with Crippen molar-refractivity contribution in [1.82, 2.24) is 14.5 Å². The number of rotatable bonds is 1. The predicted molar refractivity (Wildman–Crippen MR) is 60.4 cm³/mol. The molecule has 1 N–H and O–H groups in total. The van der Waals surface area contributed by atoms with Gasteiger partial charge in [0.2, 0.25) is 0 Å². The topological polar surface area (TPSA) is 33.6 Å². The van der Waals surface area contributed by atoms with E-state index in [-0.39, 0.29) is 5.39 Å². The highest BCUT2D eigenvalue weighted by Gasteiger charge is 2.15. The van der Waals surface area contributed by atoms with Crippen LogP contribution in [-0.2, 0) is 7.05 Å². The summed E-state index contributed by atoms with van der Waals surface area (Å²) < 4.78 is 28.8. The number of fused-ring (bicyclic) bond motifs is 1. The first-order valence-electron chi connectivity index (χ1n) is 5.10. The maximum atomic E-state index is 13.8. The van der Waals surface area contributed by atoms with Crippen LogP contribution >= 0.6 is 0 Å². The molecule has 1 aromatic carbocycles. The van der Waals surface area contributed by atoms with Crippen molar-refractivity contribution in [3.63, 3.8) is 0 Å². The van der Waals surface area contributed by atoms with Crippen LogP contribution in [-0.4, -0.2) is 14.5 Å². The van der Waals surface area contributed by atoms with Gasteiger partial charge in [0.05, 0.1) is 18.2 Å². The van der Waals surface area contributed by atoms with Crippen LogP contribution in [0.3, 0.4) is 0 Å². The number of H-pyrrole nitrogens is 1. The lowest BCUT2D eigenvalue weighted by Crippen LogP contribution is -1.90. The van der Waals surface area contributed by atoms with Crippen molar-refractivity contribution >= 4 is 10.9 Å². The van der Waals surface area contributed by atoms with Gasteiger partial charge < -0.3 is 9.55 Å². The predicted octanol–water partition coefficient (Wildman–Crippen LogP) is 2.85. The van der Waals surface area contributed by atoms with Crippen molar-refractivity contribution in [3.8, 4) is 11.3 Å². The maximum absolute atomic E-state index is 13.8. The largest absolute Gasteiger partial charge is 0.360 e. The molecule has 0 bridgehead atoms. The van der Waals surface area contributed by atoms with Crippen LogP contribution in [0.15, 0.2) is 30.9 Å². The second kappa shape index (κ2) is 3.41. The second-order valence-corrected chi connectivity index (χ2v) is 3.88. The van der Waals surface area contributed by atoms with Gasteiger partial charge in [-0.05, 0) is 12.1 Å². The van der Waals surface area contributed by atoms with E-state index in [2.05, 4.69) is 9.97 Å². The van der Waals surface area contributed by atoms with Gasteiger partial charge in [-0.3, -0.25) is 0 Å². The Balaban J connectivity index is 2.39. The van der Waals surface area contributed by atoms with E-state index in [1.165, 1.54) is 6.07 Å². The minimum Gasteiger partial charge on any atom is -0.360 e. The zero-order chi connectivity index (χ0) is 12.0. The monoisotopic (exact) mass is 233 g/mol. The summed E-state index contributed by atoms with van der Waals surface area (Å²) in [6, 6.07) is 2.63. The Morgan fingerprint density at radius 1 is 1.29 bits per heavy atom. The Morgan fingerprint density at radius 2 is 2.12 bits per heavy atom. The van der Waals surface area contributed by atoms with E-state index < -0.39 is 11.6 Å². The van der Waals surface area contributed by atoms with E-state index in [1.54, 1.807) is 30.3 Å². The first-order chi connectivity index (χ1) is 8.18. The van der Waals surface area contributed by atoms with Crippen molar-refractivity contribution in [1.29, 1.82) is 0 Å². The standard InChI is InChI=1S/C12H9F2N3/c1-17-6-15-5-10(17)7-4-16-9-3-2-8(13)12(14)11(7)9/h2-6,16H,1H3. The van der Waals surface area contributed by atoms with E-state index in [1.807, 2.05) is 0 Å².